The number of amides is 1. The zero-order valence-corrected chi connectivity index (χ0v) is 14.0. The third kappa shape index (κ3) is 3.45. The van der Waals surface area contributed by atoms with Crippen LogP contribution in [-0.2, 0) is 16.0 Å². The van der Waals surface area contributed by atoms with Crippen molar-refractivity contribution in [1.29, 1.82) is 0 Å². The monoisotopic (exact) mass is 334 g/mol. The van der Waals surface area contributed by atoms with E-state index in [-0.39, 0.29) is 12.0 Å². The first-order chi connectivity index (χ1) is 10.6. The van der Waals surface area contributed by atoms with E-state index in [9.17, 15) is 4.79 Å². The van der Waals surface area contributed by atoms with Gasteiger partial charge in [0.1, 0.15) is 6.10 Å². The van der Waals surface area contributed by atoms with Crippen molar-refractivity contribution in [2.75, 3.05) is 19.7 Å². The van der Waals surface area contributed by atoms with Gasteiger partial charge in [0, 0.05) is 17.1 Å². The molecule has 0 spiro atoms. The summed E-state index contributed by atoms with van der Waals surface area (Å²) in [7, 11) is 0. The Labute approximate surface area is 138 Å². The number of aryl methyl sites for hydroxylation is 1. The second-order valence-corrected chi connectivity index (χ2v) is 7.12. The normalized spacial score (nSPS) is 18.4. The van der Waals surface area contributed by atoms with Crippen LogP contribution < -0.4 is 0 Å². The van der Waals surface area contributed by atoms with E-state index >= 15 is 0 Å². The van der Waals surface area contributed by atoms with Crippen LogP contribution >= 0.6 is 23.6 Å². The topological polar surface area (TPSA) is 45.3 Å². The highest BCUT2D eigenvalue weighted by Gasteiger charge is 2.25. The summed E-state index contributed by atoms with van der Waals surface area (Å²) in [4.78, 5) is 18.5. The van der Waals surface area contributed by atoms with Gasteiger partial charge in [0.15, 0.2) is 3.95 Å². The van der Waals surface area contributed by atoms with Crippen molar-refractivity contribution in [3.8, 4) is 0 Å². The van der Waals surface area contributed by atoms with E-state index in [1.807, 2.05) is 42.2 Å². The number of carbonyl (C=O) groups excluding carboxylic acids is 1. The van der Waals surface area contributed by atoms with Gasteiger partial charge in [-0.05, 0) is 24.7 Å². The first-order valence-electron chi connectivity index (χ1n) is 7.26. The Kier molecular flexibility index (Phi) is 4.71. The second kappa shape index (κ2) is 6.73. The molecule has 1 saturated heterocycles. The highest BCUT2D eigenvalue weighted by Crippen LogP contribution is 2.23. The van der Waals surface area contributed by atoms with Crippen LogP contribution in [-0.4, -0.2) is 35.5 Å². The minimum atomic E-state index is -0.0376. The molecule has 1 aromatic carbocycles. The van der Waals surface area contributed by atoms with Gasteiger partial charge in [-0.1, -0.05) is 30.3 Å². The number of thiazole rings is 1. The molecule has 0 bridgehead atoms. The van der Waals surface area contributed by atoms with Gasteiger partial charge in [0.2, 0.25) is 5.91 Å². The molecular formula is C16H18N2O2S2. The number of aromatic amines is 1. The number of hydrogen-bond donors (Lipinski definition) is 1. The summed E-state index contributed by atoms with van der Waals surface area (Å²) in [6.07, 6.45) is 0.370. The number of morpholine rings is 1. The summed E-state index contributed by atoms with van der Waals surface area (Å²) in [5.41, 5.74) is 2.12. The van der Waals surface area contributed by atoms with Crippen LogP contribution in [0.1, 0.15) is 22.2 Å². The molecule has 1 fully saturated rings. The molecule has 4 nitrogen and oxygen atoms in total. The molecule has 6 heteroatoms. The van der Waals surface area contributed by atoms with Gasteiger partial charge < -0.3 is 14.6 Å². The standard InChI is InChI=1S/C16H18N2O2S2/c1-11-14(22-16(21)17-11)9-15(19)18-7-8-20-13(10-18)12-5-3-2-4-6-12/h2-6,13H,7-10H2,1H3,(H,17,21)/t13-/m0/s1. The number of nitrogens with zero attached hydrogens (tertiary/aromatic N) is 1. The van der Waals surface area contributed by atoms with Gasteiger partial charge in [-0.3, -0.25) is 4.79 Å². The summed E-state index contributed by atoms with van der Waals surface area (Å²) in [6.45, 7) is 3.79. The number of ether oxygens (including phenoxy) is 1. The van der Waals surface area contributed by atoms with Crippen LogP contribution in [0.3, 0.4) is 0 Å². The lowest BCUT2D eigenvalue weighted by Gasteiger charge is -2.33. The van der Waals surface area contributed by atoms with Gasteiger partial charge in [-0.25, -0.2) is 0 Å². The Balaban J connectivity index is 1.68. The lowest BCUT2D eigenvalue weighted by molar-refractivity contribution is -0.138. The SMILES string of the molecule is Cc1[nH]c(=S)sc1CC(=O)N1CCO[C@H](c2ccccc2)C1. The molecule has 0 radical (unpaired) electrons. The third-order valence-electron chi connectivity index (χ3n) is 3.83. The van der Waals surface area contributed by atoms with Crippen molar-refractivity contribution in [2.45, 2.75) is 19.4 Å². The van der Waals surface area contributed by atoms with E-state index in [0.717, 1.165) is 20.1 Å². The Bertz CT molecular complexity index is 708. The van der Waals surface area contributed by atoms with Crippen LogP contribution in [0.25, 0.3) is 0 Å². The van der Waals surface area contributed by atoms with Gasteiger partial charge in [0.05, 0.1) is 19.6 Å². The molecule has 1 N–H and O–H groups in total. The molecule has 116 valence electrons. The van der Waals surface area contributed by atoms with Crippen molar-refractivity contribution < 1.29 is 9.53 Å². The van der Waals surface area contributed by atoms with E-state index in [1.165, 1.54) is 11.3 Å². The number of aromatic nitrogens is 1. The maximum atomic E-state index is 12.5. The quantitative estimate of drug-likeness (QED) is 0.877. The van der Waals surface area contributed by atoms with E-state index in [4.69, 9.17) is 17.0 Å². The zero-order valence-electron chi connectivity index (χ0n) is 12.4. The van der Waals surface area contributed by atoms with Gasteiger partial charge in [-0.2, -0.15) is 0 Å². The fraction of sp³-hybridized carbons (Fsp3) is 0.375. The third-order valence-corrected chi connectivity index (χ3v) is 5.16. The summed E-state index contributed by atoms with van der Waals surface area (Å²) >= 11 is 6.61. The second-order valence-electron chi connectivity index (χ2n) is 5.35. The van der Waals surface area contributed by atoms with E-state index < -0.39 is 0 Å². The predicted octanol–water partition coefficient (Wildman–Crippen LogP) is 3.26. The molecule has 1 amide bonds. The molecule has 0 aliphatic carbocycles. The summed E-state index contributed by atoms with van der Waals surface area (Å²) in [5, 5.41) is 0. The smallest absolute Gasteiger partial charge is 0.228 e. The molecule has 1 atom stereocenters. The molecule has 22 heavy (non-hydrogen) atoms. The Morgan fingerprint density at radius 1 is 1.45 bits per heavy atom. The van der Waals surface area contributed by atoms with Gasteiger partial charge in [0.25, 0.3) is 0 Å². The molecule has 0 unspecified atom stereocenters. The molecule has 2 heterocycles. The molecule has 1 aliphatic rings. The molecule has 1 aliphatic heterocycles. The van der Waals surface area contributed by atoms with Crippen molar-refractivity contribution in [2.24, 2.45) is 0 Å². The molecular weight excluding hydrogens is 316 g/mol. The predicted molar refractivity (Wildman–Crippen MR) is 89.7 cm³/mol. The fourth-order valence-corrected chi connectivity index (χ4v) is 3.88. The van der Waals surface area contributed by atoms with E-state index in [1.54, 1.807) is 0 Å². The van der Waals surface area contributed by atoms with Crippen molar-refractivity contribution in [3.05, 3.63) is 50.4 Å². The average Bonchev–Trinajstić information content (AvgIpc) is 2.86. The highest BCUT2D eigenvalue weighted by molar-refractivity contribution is 7.73. The zero-order chi connectivity index (χ0) is 15.5. The summed E-state index contributed by atoms with van der Waals surface area (Å²) in [6, 6.07) is 10.1. The maximum Gasteiger partial charge on any atom is 0.228 e. The molecule has 3 rings (SSSR count). The van der Waals surface area contributed by atoms with E-state index in [0.29, 0.717) is 26.1 Å². The molecule has 0 saturated carbocycles. The largest absolute Gasteiger partial charge is 0.370 e. The van der Waals surface area contributed by atoms with Crippen molar-refractivity contribution in [3.63, 3.8) is 0 Å². The van der Waals surface area contributed by atoms with Gasteiger partial charge >= 0.3 is 0 Å². The van der Waals surface area contributed by atoms with Crippen LogP contribution in [0.4, 0.5) is 0 Å². The van der Waals surface area contributed by atoms with Crippen molar-refractivity contribution in [1.82, 2.24) is 9.88 Å². The summed E-state index contributed by atoms with van der Waals surface area (Å²) in [5.74, 6) is 0.137. The maximum absolute atomic E-state index is 12.5. The highest BCUT2D eigenvalue weighted by atomic mass is 32.1. The Hall–Kier alpha value is -1.50. The van der Waals surface area contributed by atoms with Crippen LogP contribution in [0, 0.1) is 10.9 Å². The van der Waals surface area contributed by atoms with Crippen LogP contribution in [0.2, 0.25) is 0 Å². The number of benzene rings is 1. The molecule has 1 aromatic heterocycles. The number of rotatable bonds is 3. The van der Waals surface area contributed by atoms with E-state index in [2.05, 4.69) is 4.98 Å². The fourth-order valence-electron chi connectivity index (χ4n) is 2.60. The Morgan fingerprint density at radius 3 is 2.91 bits per heavy atom. The van der Waals surface area contributed by atoms with Crippen LogP contribution in [0.5, 0.6) is 0 Å². The number of H-pyrrole nitrogens is 1. The number of nitrogens with one attached hydrogen (secondary N) is 1. The van der Waals surface area contributed by atoms with Crippen molar-refractivity contribution >= 4 is 29.5 Å². The first kappa shape index (κ1) is 15.4. The number of carbonyl (C=O) groups is 1. The lowest BCUT2D eigenvalue weighted by atomic mass is 10.1. The van der Waals surface area contributed by atoms with Gasteiger partial charge in [-0.15, -0.1) is 11.3 Å². The summed E-state index contributed by atoms with van der Waals surface area (Å²) < 4.78 is 6.53. The lowest BCUT2D eigenvalue weighted by Crippen LogP contribution is -2.42. The average molecular weight is 334 g/mol. The first-order valence-corrected chi connectivity index (χ1v) is 8.49. The minimum absolute atomic E-state index is 0.0376. The molecule has 2 aromatic rings. The Morgan fingerprint density at radius 2 is 2.23 bits per heavy atom. The minimum Gasteiger partial charge on any atom is -0.370 e. The number of hydrogen-bond acceptors (Lipinski definition) is 4. The van der Waals surface area contributed by atoms with Crippen LogP contribution in [0.15, 0.2) is 30.3 Å².